The van der Waals surface area contributed by atoms with Crippen LogP contribution in [-0.4, -0.2) is 38.8 Å². The number of phenols is 1. The molecule has 0 bridgehead atoms. The monoisotopic (exact) mass is 323 g/mol. The number of aliphatic hydroxyl groups is 1. The van der Waals surface area contributed by atoms with Crippen LogP contribution in [0.2, 0.25) is 0 Å². The van der Waals surface area contributed by atoms with Crippen LogP contribution < -0.4 is 4.90 Å². The number of hydrogen-bond acceptors (Lipinski definition) is 4. The number of β-amino-alcohol motifs (C(OH)–C–C–N with tert-alkyl or cyclic N) is 1. The van der Waals surface area contributed by atoms with Gasteiger partial charge in [-0.1, -0.05) is 0 Å². The van der Waals surface area contributed by atoms with Crippen molar-refractivity contribution in [3.63, 3.8) is 0 Å². The number of aliphatic hydroxyl groups excluding tert-OH is 1. The van der Waals surface area contributed by atoms with Gasteiger partial charge in [0.2, 0.25) is 5.91 Å². The molecule has 1 aliphatic heterocycles. The van der Waals surface area contributed by atoms with Crippen molar-refractivity contribution in [2.75, 3.05) is 18.1 Å². The summed E-state index contributed by atoms with van der Waals surface area (Å²) in [6.07, 6.45) is 0.352. The molecule has 2 N–H and O–H groups in total. The van der Waals surface area contributed by atoms with Crippen LogP contribution in [0.25, 0.3) is 22.4 Å². The summed E-state index contributed by atoms with van der Waals surface area (Å²) in [5.41, 5.74) is 4.46. The van der Waals surface area contributed by atoms with Crippen LogP contribution in [0.1, 0.15) is 5.56 Å². The molecule has 1 aliphatic rings. The molecular weight excluding hydrogens is 306 g/mol. The lowest BCUT2D eigenvalue weighted by molar-refractivity contribution is -0.117. The number of benzene rings is 2. The quantitative estimate of drug-likeness (QED) is 0.771. The predicted octanol–water partition coefficient (Wildman–Crippen LogP) is 1.83. The molecule has 2 heterocycles. The average Bonchev–Trinajstić information content (AvgIpc) is 3.04. The van der Waals surface area contributed by atoms with Crippen molar-refractivity contribution < 1.29 is 15.0 Å². The van der Waals surface area contributed by atoms with Gasteiger partial charge in [0, 0.05) is 24.8 Å². The van der Waals surface area contributed by atoms with Crippen molar-refractivity contribution in [1.82, 2.24) is 9.55 Å². The molecule has 3 aromatic rings. The summed E-state index contributed by atoms with van der Waals surface area (Å²) in [4.78, 5) is 18.4. The van der Waals surface area contributed by atoms with Gasteiger partial charge in [-0.05, 0) is 42.0 Å². The lowest BCUT2D eigenvalue weighted by Gasteiger charge is -2.15. The van der Waals surface area contributed by atoms with E-state index in [2.05, 4.69) is 0 Å². The van der Waals surface area contributed by atoms with Gasteiger partial charge in [0.05, 0.1) is 24.1 Å². The predicted molar refractivity (Wildman–Crippen MR) is 91.0 cm³/mol. The minimum absolute atomic E-state index is 0.00751. The molecule has 0 aliphatic carbocycles. The van der Waals surface area contributed by atoms with Crippen molar-refractivity contribution in [2.45, 2.75) is 6.42 Å². The Kier molecular flexibility index (Phi) is 3.28. The first-order valence-electron chi connectivity index (χ1n) is 7.78. The zero-order valence-corrected chi connectivity index (χ0v) is 13.2. The van der Waals surface area contributed by atoms with Crippen molar-refractivity contribution in [3.05, 3.63) is 42.0 Å². The highest BCUT2D eigenvalue weighted by Gasteiger charge is 2.28. The first-order valence-corrected chi connectivity index (χ1v) is 7.78. The van der Waals surface area contributed by atoms with Crippen LogP contribution in [0.3, 0.4) is 0 Å². The molecule has 6 heteroatoms. The molecule has 0 spiro atoms. The van der Waals surface area contributed by atoms with E-state index in [4.69, 9.17) is 10.1 Å². The topological polar surface area (TPSA) is 78.6 Å². The first-order chi connectivity index (χ1) is 11.6. The van der Waals surface area contributed by atoms with Crippen molar-refractivity contribution in [1.29, 1.82) is 0 Å². The van der Waals surface area contributed by atoms with Gasteiger partial charge in [0.25, 0.3) is 0 Å². The fourth-order valence-corrected chi connectivity index (χ4v) is 3.27. The van der Waals surface area contributed by atoms with E-state index in [1.807, 2.05) is 35.9 Å². The number of anilines is 1. The van der Waals surface area contributed by atoms with E-state index in [1.54, 1.807) is 17.0 Å². The van der Waals surface area contributed by atoms with Gasteiger partial charge >= 0.3 is 0 Å². The van der Waals surface area contributed by atoms with Gasteiger partial charge in [-0.2, -0.15) is 0 Å². The fraction of sp³-hybridized carbons (Fsp3) is 0.222. The number of aromatic nitrogens is 2. The number of phenolic OH excluding ortho intramolecular Hbond substituents is 1. The number of aryl methyl sites for hydroxylation is 1. The van der Waals surface area contributed by atoms with E-state index in [1.165, 1.54) is 0 Å². The summed E-state index contributed by atoms with van der Waals surface area (Å²) in [6, 6.07) is 10.8. The number of fused-ring (bicyclic) bond motifs is 2. The van der Waals surface area contributed by atoms with Crippen LogP contribution in [0.5, 0.6) is 5.75 Å². The number of carbonyl (C=O) groups excluding carboxylic acids is 1. The minimum atomic E-state index is -0.0653. The number of imidazole rings is 1. The van der Waals surface area contributed by atoms with Crippen molar-refractivity contribution in [2.24, 2.45) is 7.05 Å². The lowest BCUT2D eigenvalue weighted by atomic mass is 10.1. The second-order valence-corrected chi connectivity index (χ2v) is 5.96. The zero-order valence-electron chi connectivity index (χ0n) is 13.2. The highest BCUT2D eigenvalue weighted by Crippen LogP contribution is 2.34. The van der Waals surface area contributed by atoms with E-state index < -0.39 is 0 Å². The normalized spacial score (nSPS) is 13.8. The summed E-state index contributed by atoms with van der Waals surface area (Å²) < 4.78 is 1.99. The van der Waals surface area contributed by atoms with Gasteiger partial charge < -0.3 is 19.7 Å². The molecule has 4 rings (SSSR count). The maximum atomic E-state index is 12.1. The van der Waals surface area contributed by atoms with Gasteiger partial charge in [0.1, 0.15) is 11.6 Å². The van der Waals surface area contributed by atoms with E-state index in [0.29, 0.717) is 13.0 Å². The third-order valence-corrected chi connectivity index (χ3v) is 4.46. The number of aromatic hydroxyl groups is 1. The fourth-order valence-electron chi connectivity index (χ4n) is 3.27. The highest BCUT2D eigenvalue weighted by molar-refractivity contribution is 6.04. The molecule has 1 amide bonds. The Labute approximate surface area is 138 Å². The molecule has 122 valence electrons. The number of nitrogens with zero attached hydrogens (tertiary/aromatic N) is 3. The molecule has 0 fully saturated rings. The zero-order chi connectivity index (χ0) is 16.8. The van der Waals surface area contributed by atoms with E-state index >= 15 is 0 Å². The third kappa shape index (κ3) is 2.15. The Hall–Kier alpha value is -2.86. The Morgan fingerprint density at radius 1 is 1.21 bits per heavy atom. The number of hydrogen-bond donors (Lipinski definition) is 2. The van der Waals surface area contributed by atoms with Crippen LogP contribution in [0.15, 0.2) is 36.4 Å². The van der Waals surface area contributed by atoms with Crippen LogP contribution >= 0.6 is 0 Å². The minimum Gasteiger partial charge on any atom is -0.508 e. The molecule has 6 nitrogen and oxygen atoms in total. The van der Waals surface area contributed by atoms with Crippen LogP contribution in [-0.2, 0) is 18.3 Å². The van der Waals surface area contributed by atoms with E-state index in [0.717, 1.165) is 33.7 Å². The molecule has 0 radical (unpaired) electrons. The molecule has 2 aromatic carbocycles. The maximum Gasteiger partial charge on any atom is 0.231 e. The van der Waals surface area contributed by atoms with E-state index in [9.17, 15) is 9.90 Å². The Bertz CT molecular complexity index is 944. The van der Waals surface area contributed by atoms with Gasteiger partial charge in [-0.25, -0.2) is 4.98 Å². The number of rotatable bonds is 3. The molecule has 1 aromatic heterocycles. The van der Waals surface area contributed by atoms with Crippen molar-refractivity contribution in [3.8, 4) is 17.1 Å². The van der Waals surface area contributed by atoms with E-state index in [-0.39, 0.29) is 18.3 Å². The summed E-state index contributed by atoms with van der Waals surface area (Å²) in [5, 5.41) is 18.6. The van der Waals surface area contributed by atoms with Crippen LogP contribution in [0, 0.1) is 0 Å². The third-order valence-electron chi connectivity index (χ3n) is 4.46. The molecule has 0 unspecified atom stereocenters. The Morgan fingerprint density at radius 2 is 1.96 bits per heavy atom. The SMILES string of the molecule is Cn1c(-c2ccc(O)cc2)nc2cc3c(cc21)CC(=O)N3CCO. The first kappa shape index (κ1) is 14.7. The van der Waals surface area contributed by atoms with Gasteiger partial charge in [-0.15, -0.1) is 0 Å². The standard InChI is InChI=1S/C18H17N3O3/c1-20-16-8-12-9-17(24)21(6-7-22)15(12)10-14(16)19-18(20)11-2-4-13(23)5-3-11/h2-5,8,10,22-23H,6-7,9H2,1H3. The maximum absolute atomic E-state index is 12.1. The summed E-state index contributed by atoms with van der Waals surface area (Å²) >= 11 is 0. The van der Waals surface area contributed by atoms with Crippen molar-refractivity contribution >= 4 is 22.6 Å². The summed E-state index contributed by atoms with van der Waals surface area (Å²) in [7, 11) is 1.94. The molecule has 0 atom stereocenters. The average molecular weight is 323 g/mol. The molecular formula is C18H17N3O3. The molecule has 0 saturated heterocycles. The molecule has 24 heavy (non-hydrogen) atoms. The Morgan fingerprint density at radius 3 is 2.67 bits per heavy atom. The molecule has 0 saturated carbocycles. The number of amides is 1. The number of carbonyl (C=O) groups is 1. The van der Waals surface area contributed by atoms with Gasteiger partial charge in [-0.3, -0.25) is 4.79 Å². The highest BCUT2D eigenvalue weighted by atomic mass is 16.3. The summed E-state index contributed by atoms with van der Waals surface area (Å²) in [5.74, 6) is 1.02. The smallest absolute Gasteiger partial charge is 0.231 e. The second kappa shape index (κ2) is 5.35. The second-order valence-electron chi connectivity index (χ2n) is 5.96. The largest absolute Gasteiger partial charge is 0.508 e. The summed E-state index contributed by atoms with van der Waals surface area (Å²) in [6.45, 7) is 0.235. The lowest BCUT2D eigenvalue weighted by Crippen LogP contribution is -2.29. The Balaban J connectivity index is 1.86. The van der Waals surface area contributed by atoms with Gasteiger partial charge in [0.15, 0.2) is 0 Å². The van der Waals surface area contributed by atoms with Crippen LogP contribution in [0.4, 0.5) is 5.69 Å².